The Bertz CT molecular complexity index is 749. The van der Waals surface area contributed by atoms with E-state index in [1.165, 1.54) is 0 Å². The summed E-state index contributed by atoms with van der Waals surface area (Å²) in [4.78, 5) is -1.01. The lowest BCUT2D eigenvalue weighted by molar-refractivity contribution is -0.323. The van der Waals surface area contributed by atoms with E-state index in [-0.39, 0.29) is 0 Å². The fraction of sp³-hybridized carbons (Fsp3) is 0.400. The number of benzene rings is 1. The topological polar surface area (TPSA) is 34.1 Å². The van der Waals surface area contributed by atoms with Crippen molar-refractivity contribution >= 4 is 54.7 Å². The van der Waals surface area contributed by atoms with Crippen molar-refractivity contribution in [1.82, 2.24) is 0 Å². The van der Waals surface area contributed by atoms with Crippen LogP contribution < -0.4 is 0 Å². The molecule has 0 amide bonds. The van der Waals surface area contributed by atoms with Crippen LogP contribution in [-0.4, -0.2) is 30.8 Å². The van der Waals surface area contributed by atoms with Gasteiger partial charge in [0.15, 0.2) is 0 Å². The van der Waals surface area contributed by atoms with Crippen LogP contribution in [0.2, 0.25) is 10.0 Å². The molecule has 1 aromatic carbocycles. The molecule has 0 spiro atoms. The van der Waals surface area contributed by atoms with Crippen LogP contribution in [0.4, 0.5) is 35.1 Å². The van der Waals surface area contributed by atoms with Crippen molar-refractivity contribution in [3.63, 3.8) is 0 Å². The van der Waals surface area contributed by atoms with Crippen LogP contribution in [0, 0.1) is 0 Å². The van der Waals surface area contributed by atoms with Crippen molar-refractivity contribution in [3.05, 3.63) is 28.2 Å². The molecule has 2 nitrogen and oxygen atoms in total. The summed E-state index contributed by atoms with van der Waals surface area (Å²) in [5, 5.41) is -14.0. The summed E-state index contributed by atoms with van der Waals surface area (Å²) in [6, 6.07) is 2.88. The van der Waals surface area contributed by atoms with E-state index in [1.54, 1.807) is 0 Å². The number of hydrogen-bond donors (Lipinski definition) is 0. The molecule has 0 saturated carbocycles. The number of halogens is 11. The molecule has 0 unspecified atom stereocenters. The monoisotopic (exact) mass is 476 g/mol. The quantitative estimate of drug-likeness (QED) is 0.282. The minimum Gasteiger partial charge on any atom is -0.206 e. The van der Waals surface area contributed by atoms with E-state index in [1.807, 2.05) is 0 Å². The SMILES string of the molecule is O=S(=O)(Cl)C(F)(F)C(F)(F)C(F)(F)C(F)(F)Sc1c(Cl)cccc1Cl. The van der Waals surface area contributed by atoms with Gasteiger partial charge in [0.2, 0.25) is 0 Å². The van der Waals surface area contributed by atoms with Crippen LogP contribution in [0.3, 0.4) is 0 Å². The summed E-state index contributed by atoms with van der Waals surface area (Å²) in [6.07, 6.45) is 0. The highest BCUT2D eigenvalue weighted by Gasteiger charge is 2.84. The van der Waals surface area contributed by atoms with Crippen molar-refractivity contribution in [1.29, 1.82) is 0 Å². The van der Waals surface area contributed by atoms with E-state index in [0.717, 1.165) is 18.2 Å². The predicted molar refractivity (Wildman–Crippen MR) is 76.9 cm³/mol. The molecular weight excluding hydrogens is 475 g/mol. The number of hydrogen-bond acceptors (Lipinski definition) is 3. The molecule has 0 radical (unpaired) electrons. The second-order valence-corrected chi connectivity index (χ2v) is 8.82. The predicted octanol–water partition coefficient (Wildman–Crippen LogP) is 6.11. The van der Waals surface area contributed by atoms with Crippen molar-refractivity contribution in [2.24, 2.45) is 0 Å². The van der Waals surface area contributed by atoms with E-state index < -0.39 is 58.1 Å². The van der Waals surface area contributed by atoms with Gasteiger partial charge in [-0.3, -0.25) is 0 Å². The van der Waals surface area contributed by atoms with Crippen LogP contribution in [0.25, 0.3) is 0 Å². The molecule has 0 N–H and O–H groups in total. The Morgan fingerprint density at radius 3 is 1.60 bits per heavy atom. The molecule has 1 aromatic rings. The summed E-state index contributed by atoms with van der Waals surface area (Å²) in [5.74, 6) is -13.9. The van der Waals surface area contributed by atoms with Gasteiger partial charge in [-0.05, 0) is 23.9 Å². The van der Waals surface area contributed by atoms with Crippen LogP contribution in [-0.2, 0) is 9.05 Å². The van der Waals surface area contributed by atoms with E-state index in [0.29, 0.717) is 0 Å². The highest BCUT2D eigenvalue weighted by Crippen LogP contribution is 2.60. The highest BCUT2D eigenvalue weighted by atomic mass is 35.7. The minimum atomic E-state index is -7.06. The third-order valence-corrected chi connectivity index (χ3v) is 6.04. The maximum absolute atomic E-state index is 13.7. The first-order valence-corrected chi connectivity index (χ1v) is 9.37. The fourth-order valence-electron chi connectivity index (χ4n) is 1.29. The Balaban J connectivity index is 3.44. The lowest BCUT2D eigenvalue weighted by Gasteiger charge is -2.35. The first-order chi connectivity index (χ1) is 10.9. The molecule has 0 aliphatic rings. The Morgan fingerprint density at radius 1 is 0.840 bits per heavy atom. The van der Waals surface area contributed by atoms with Crippen molar-refractivity contribution in [3.8, 4) is 0 Å². The zero-order valence-corrected chi connectivity index (χ0v) is 14.9. The van der Waals surface area contributed by atoms with Crippen molar-refractivity contribution in [2.75, 3.05) is 0 Å². The molecular formula is C10H3Cl3F8O2S2. The van der Waals surface area contributed by atoms with Crippen LogP contribution in [0.15, 0.2) is 23.1 Å². The first-order valence-electron chi connectivity index (χ1n) is 5.48. The molecule has 25 heavy (non-hydrogen) atoms. The van der Waals surface area contributed by atoms with Gasteiger partial charge in [-0.25, -0.2) is 8.42 Å². The molecule has 0 fully saturated rings. The number of rotatable bonds is 6. The van der Waals surface area contributed by atoms with Crippen LogP contribution in [0.5, 0.6) is 0 Å². The molecule has 0 aliphatic heterocycles. The van der Waals surface area contributed by atoms with Crippen molar-refractivity contribution < 1.29 is 43.5 Å². The maximum atomic E-state index is 13.7. The molecule has 144 valence electrons. The third-order valence-electron chi connectivity index (χ3n) is 2.58. The normalized spacial score (nSPS) is 14.7. The van der Waals surface area contributed by atoms with Crippen LogP contribution >= 0.6 is 45.6 Å². The average Bonchev–Trinajstić information content (AvgIpc) is 2.41. The van der Waals surface area contributed by atoms with E-state index in [2.05, 4.69) is 10.7 Å². The minimum absolute atomic E-state index is 0.659. The Hall–Kier alpha value is -0.170. The first kappa shape index (κ1) is 22.9. The number of thioether (sulfide) groups is 1. The lowest BCUT2D eigenvalue weighted by atomic mass is 10.2. The summed E-state index contributed by atoms with van der Waals surface area (Å²) in [6.45, 7) is 0. The molecule has 15 heteroatoms. The Labute approximate surface area is 153 Å². The second-order valence-electron chi connectivity index (χ2n) is 4.27. The summed E-state index contributed by atoms with van der Waals surface area (Å²) in [7, 11) is -2.69. The average molecular weight is 478 g/mol. The molecule has 0 aliphatic carbocycles. The zero-order chi connectivity index (χ0) is 20.1. The second kappa shape index (κ2) is 6.77. The van der Waals surface area contributed by atoms with Gasteiger partial charge >= 0.3 is 31.4 Å². The maximum Gasteiger partial charge on any atom is 0.427 e. The Kier molecular flexibility index (Phi) is 6.19. The highest BCUT2D eigenvalue weighted by molar-refractivity contribution is 8.14. The summed E-state index contributed by atoms with van der Waals surface area (Å²) in [5.41, 5.74) is 0. The van der Waals surface area contributed by atoms with Crippen LogP contribution in [0.1, 0.15) is 0 Å². The van der Waals surface area contributed by atoms with Crippen molar-refractivity contribution in [2.45, 2.75) is 27.2 Å². The third kappa shape index (κ3) is 3.78. The Morgan fingerprint density at radius 2 is 1.24 bits per heavy atom. The van der Waals surface area contributed by atoms with Gasteiger partial charge < -0.3 is 0 Å². The molecule has 0 aromatic heterocycles. The largest absolute Gasteiger partial charge is 0.427 e. The van der Waals surface area contributed by atoms with Gasteiger partial charge in [0.25, 0.3) is 0 Å². The molecule has 1 rings (SSSR count). The van der Waals surface area contributed by atoms with Gasteiger partial charge in [0.05, 0.1) is 14.9 Å². The summed E-state index contributed by atoms with van der Waals surface area (Å²) >= 11 is 9.51. The lowest BCUT2D eigenvalue weighted by Crippen LogP contribution is -2.62. The molecule has 0 heterocycles. The molecule has 0 saturated heterocycles. The fourth-order valence-corrected chi connectivity index (χ4v) is 3.49. The van der Waals surface area contributed by atoms with E-state index >= 15 is 0 Å². The summed E-state index contributed by atoms with van der Waals surface area (Å²) < 4.78 is 128. The molecule has 0 atom stereocenters. The van der Waals surface area contributed by atoms with E-state index in [9.17, 15) is 43.5 Å². The van der Waals surface area contributed by atoms with Gasteiger partial charge in [0, 0.05) is 10.7 Å². The van der Waals surface area contributed by atoms with Gasteiger partial charge in [-0.1, -0.05) is 29.3 Å². The zero-order valence-electron chi connectivity index (χ0n) is 11.0. The van der Waals surface area contributed by atoms with Gasteiger partial charge in [0.1, 0.15) is 0 Å². The smallest absolute Gasteiger partial charge is 0.206 e. The number of alkyl halides is 8. The van der Waals surface area contributed by atoms with E-state index in [4.69, 9.17) is 23.2 Å². The molecule has 0 bridgehead atoms. The standard InChI is InChI=1S/C10H3Cl3F8O2S2/c11-4-2-1-3-5(12)6(4)24-9(18,19)7(14,15)8(16,17)10(20,21)25(13,22)23/h1-3H. The van der Waals surface area contributed by atoms with Gasteiger partial charge in [-0.2, -0.15) is 35.1 Å². The van der Waals surface area contributed by atoms with Gasteiger partial charge in [-0.15, -0.1) is 0 Å².